The number of likely N-dealkylation sites (N-methyl/N-ethyl adjacent to an activating group) is 1. The van der Waals surface area contributed by atoms with E-state index in [0.29, 0.717) is 12.8 Å². The van der Waals surface area contributed by atoms with E-state index in [4.69, 9.17) is 14.2 Å². The van der Waals surface area contributed by atoms with E-state index in [-0.39, 0.29) is 43.1 Å². The zero-order valence-electron chi connectivity index (χ0n) is 31.8. The molecule has 8 heteroatoms. The Labute approximate surface area is 299 Å². The summed E-state index contributed by atoms with van der Waals surface area (Å²) in [7, 11) is 5.36. The molecular formula is C41H71NO7. The summed E-state index contributed by atoms with van der Waals surface area (Å²) in [5.41, 5.74) is 0. The molecule has 0 saturated heterocycles. The molecule has 282 valence electrons. The van der Waals surface area contributed by atoms with Crippen molar-refractivity contribution in [1.82, 2.24) is 0 Å². The van der Waals surface area contributed by atoms with Crippen LogP contribution in [0.5, 0.6) is 0 Å². The molecule has 2 atom stereocenters. The molecule has 0 radical (unpaired) electrons. The zero-order valence-corrected chi connectivity index (χ0v) is 31.8. The summed E-state index contributed by atoms with van der Waals surface area (Å²) in [5, 5.41) is 11.5. The van der Waals surface area contributed by atoms with E-state index < -0.39 is 24.1 Å². The molecule has 0 aromatic carbocycles. The molecule has 2 unspecified atom stereocenters. The molecule has 0 amide bonds. The van der Waals surface area contributed by atoms with Crippen LogP contribution in [0.1, 0.15) is 142 Å². The number of ether oxygens (including phenoxy) is 3. The molecule has 0 heterocycles. The average Bonchev–Trinajstić information content (AvgIpc) is 3.05. The Morgan fingerprint density at radius 1 is 0.653 bits per heavy atom. The number of carbonyl (C=O) groups is 3. The summed E-state index contributed by atoms with van der Waals surface area (Å²) in [6.45, 7) is 4.40. The molecule has 0 aliphatic rings. The van der Waals surface area contributed by atoms with Crippen LogP contribution in [-0.2, 0) is 28.6 Å². The molecule has 0 rings (SSSR count). The summed E-state index contributed by atoms with van der Waals surface area (Å²) in [4.78, 5) is 36.4. The number of nitrogens with zero attached hydrogens (tertiary/aromatic N) is 1. The van der Waals surface area contributed by atoms with Gasteiger partial charge in [-0.3, -0.25) is 9.59 Å². The van der Waals surface area contributed by atoms with Gasteiger partial charge in [0, 0.05) is 19.3 Å². The van der Waals surface area contributed by atoms with E-state index >= 15 is 0 Å². The maximum Gasteiger partial charge on any atom is 0.306 e. The van der Waals surface area contributed by atoms with Crippen molar-refractivity contribution in [2.24, 2.45) is 0 Å². The first-order chi connectivity index (χ1) is 23.6. The van der Waals surface area contributed by atoms with Gasteiger partial charge in [-0.1, -0.05) is 120 Å². The minimum atomic E-state index is -1.14. The van der Waals surface area contributed by atoms with Crippen LogP contribution >= 0.6 is 0 Å². The van der Waals surface area contributed by atoms with Crippen LogP contribution in [0.3, 0.4) is 0 Å². The first-order valence-electron chi connectivity index (χ1n) is 19.2. The highest BCUT2D eigenvalue weighted by Gasteiger charge is 2.25. The van der Waals surface area contributed by atoms with Crippen molar-refractivity contribution < 1.29 is 38.2 Å². The Morgan fingerprint density at radius 2 is 1.24 bits per heavy atom. The van der Waals surface area contributed by atoms with E-state index in [2.05, 4.69) is 50.3 Å². The third-order valence-corrected chi connectivity index (χ3v) is 8.24. The smallest absolute Gasteiger partial charge is 0.306 e. The predicted octanol–water partition coefficient (Wildman–Crippen LogP) is 8.35. The second-order valence-corrected chi connectivity index (χ2v) is 13.8. The summed E-state index contributed by atoms with van der Waals surface area (Å²) in [6, 6.07) is -0.735. The molecule has 0 fully saturated rings. The first kappa shape index (κ1) is 46.3. The van der Waals surface area contributed by atoms with Crippen molar-refractivity contribution in [2.75, 3.05) is 41.0 Å². The van der Waals surface area contributed by atoms with Gasteiger partial charge in [0.15, 0.2) is 6.10 Å². The molecule has 0 aromatic rings. The van der Waals surface area contributed by atoms with E-state index in [1.54, 1.807) is 21.1 Å². The van der Waals surface area contributed by atoms with Crippen molar-refractivity contribution in [3.8, 4) is 0 Å². The van der Waals surface area contributed by atoms with E-state index in [1.807, 2.05) is 12.2 Å². The van der Waals surface area contributed by atoms with Crippen LogP contribution in [0, 0.1) is 0 Å². The van der Waals surface area contributed by atoms with Crippen LogP contribution in [0.2, 0.25) is 0 Å². The van der Waals surface area contributed by atoms with Crippen LogP contribution < -0.4 is 5.11 Å². The fourth-order valence-corrected chi connectivity index (χ4v) is 5.24. The van der Waals surface area contributed by atoms with Gasteiger partial charge >= 0.3 is 11.9 Å². The number of hydrogen-bond acceptors (Lipinski definition) is 7. The SMILES string of the molecule is CC/C=C/C/C=C/CCC(=O)OC(COCCC(C(=O)[O-])[N+](C)(C)C)COC(=O)CCCCCCC/C=C/C=C/CCCCCCCCC. The Kier molecular flexibility index (Phi) is 30.7. The Hall–Kier alpha value is -2.71. The average molecular weight is 690 g/mol. The fraction of sp³-hybridized carbons (Fsp3) is 0.732. The first-order valence-corrected chi connectivity index (χ1v) is 19.2. The van der Waals surface area contributed by atoms with Gasteiger partial charge in [0.1, 0.15) is 12.6 Å². The Morgan fingerprint density at radius 3 is 1.84 bits per heavy atom. The van der Waals surface area contributed by atoms with Crippen molar-refractivity contribution in [3.63, 3.8) is 0 Å². The van der Waals surface area contributed by atoms with Crippen molar-refractivity contribution >= 4 is 17.9 Å². The molecule has 0 spiro atoms. The van der Waals surface area contributed by atoms with Crippen LogP contribution in [0.15, 0.2) is 48.6 Å². The number of carboxylic acids is 1. The summed E-state index contributed by atoms with van der Waals surface area (Å²) in [6.07, 6.45) is 36.1. The number of allylic oxidation sites excluding steroid dienone is 8. The number of quaternary nitrogens is 1. The highest BCUT2D eigenvalue weighted by Crippen LogP contribution is 2.12. The van der Waals surface area contributed by atoms with Gasteiger partial charge in [0.05, 0.1) is 40.3 Å². The van der Waals surface area contributed by atoms with Gasteiger partial charge in [-0.05, 0) is 51.4 Å². The normalized spacial score (nSPS) is 13.6. The lowest BCUT2D eigenvalue weighted by Crippen LogP contribution is -2.55. The predicted molar refractivity (Wildman–Crippen MR) is 199 cm³/mol. The third-order valence-electron chi connectivity index (χ3n) is 8.24. The molecule has 0 aliphatic heterocycles. The number of carboxylic acid groups (broad SMARTS) is 1. The molecular weight excluding hydrogens is 618 g/mol. The number of hydrogen-bond donors (Lipinski definition) is 0. The number of unbranched alkanes of at least 4 members (excludes halogenated alkanes) is 12. The number of esters is 2. The van der Waals surface area contributed by atoms with Gasteiger partial charge < -0.3 is 28.6 Å². The third kappa shape index (κ3) is 31.0. The zero-order chi connectivity index (χ0) is 36.4. The van der Waals surface area contributed by atoms with Crippen LogP contribution in [0.25, 0.3) is 0 Å². The second kappa shape index (κ2) is 32.5. The van der Waals surface area contributed by atoms with Gasteiger partial charge in [-0.25, -0.2) is 0 Å². The lowest BCUT2D eigenvalue weighted by atomic mass is 10.1. The number of aliphatic carboxylic acids is 1. The largest absolute Gasteiger partial charge is 0.544 e. The molecule has 0 bridgehead atoms. The molecule has 0 N–H and O–H groups in total. The maximum atomic E-state index is 12.5. The molecule has 0 aromatic heterocycles. The van der Waals surface area contributed by atoms with Gasteiger partial charge in [-0.2, -0.15) is 0 Å². The summed E-state index contributed by atoms with van der Waals surface area (Å²) >= 11 is 0. The fourth-order valence-electron chi connectivity index (χ4n) is 5.24. The summed E-state index contributed by atoms with van der Waals surface area (Å²) < 4.78 is 16.9. The highest BCUT2D eigenvalue weighted by atomic mass is 16.6. The topological polar surface area (TPSA) is 102 Å². The lowest BCUT2D eigenvalue weighted by Gasteiger charge is -2.34. The summed E-state index contributed by atoms with van der Waals surface area (Å²) in [5.74, 6) is -1.86. The van der Waals surface area contributed by atoms with Gasteiger partial charge in [0.2, 0.25) is 0 Å². The minimum absolute atomic E-state index is 0.0109. The lowest BCUT2D eigenvalue weighted by molar-refractivity contribution is -0.889. The monoisotopic (exact) mass is 690 g/mol. The molecule has 8 nitrogen and oxygen atoms in total. The van der Waals surface area contributed by atoms with Crippen molar-refractivity contribution in [1.29, 1.82) is 0 Å². The van der Waals surface area contributed by atoms with Crippen molar-refractivity contribution in [3.05, 3.63) is 48.6 Å². The van der Waals surface area contributed by atoms with E-state index in [0.717, 1.165) is 51.4 Å². The molecule has 0 saturated carbocycles. The van der Waals surface area contributed by atoms with Gasteiger partial charge in [-0.15, -0.1) is 0 Å². The Balaban J connectivity index is 4.35. The van der Waals surface area contributed by atoms with Crippen molar-refractivity contribution in [2.45, 2.75) is 154 Å². The standard InChI is InChI=1S/C41H71NO7/c1-6-8-10-12-14-15-16-17-18-19-20-21-22-23-24-26-27-29-31-39(43)48-36-37(35-47-34-33-38(41(45)46)42(3,4)5)49-40(44)32-30-28-25-13-11-9-7-2/h9,11,18-21,25,28,37-38H,6-8,10,12-17,22-24,26-27,29-36H2,1-5H3/b11-9+,19-18+,21-20+,28-25+. The minimum Gasteiger partial charge on any atom is -0.544 e. The Bertz CT molecular complexity index is 948. The van der Waals surface area contributed by atoms with E-state index in [1.165, 1.54) is 51.4 Å². The second-order valence-electron chi connectivity index (χ2n) is 13.8. The maximum absolute atomic E-state index is 12.5. The van der Waals surface area contributed by atoms with E-state index in [9.17, 15) is 19.5 Å². The highest BCUT2D eigenvalue weighted by molar-refractivity contribution is 5.70. The molecule has 0 aliphatic carbocycles. The number of rotatable bonds is 33. The molecule has 49 heavy (non-hydrogen) atoms. The quantitative estimate of drug-likeness (QED) is 0.0224. The van der Waals surface area contributed by atoms with Crippen LogP contribution in [-0.4, -0.2) is 75.5 Å². The number of carbonyl (C=O) groups excluding carboxylic acids is 3. The van der Waals surface area contributed by atoms with Crippen LogP contribution in [0.4, 0.5) is 0 Å². The van der Waals surface area contributed by atoms with Gasteiger partial charge in [0.25, 0.3) is 0 Å².